The number of fused-ring (bicyclic) bond motifs is 1. The predicted molar refractivity (Wildman–Crippen MR) is 86.3 cm³/mol. The summed E-state index contributed by atoms with van der Waals surface area (Å²) in [7, 11) is 0. The van der Waals surface area contributed by atoms with Gasteiger partial charge < -0.3 is 24.4 Å². The number of alkyl halides is 2. The van der Waals surface area contributed by atoms with Gasteiger partial charge in [0.25, 0.3) is 0 Å². The fourth-order valence-electron chi connectivity index (χ4n) is 2.73. The maximum atomic E-state index is 13.0. The van der Waals surface area contributed by atoms with Gasteiger partial charge in [-0.2, -0.15) is 0 Å². The molecule has 0 aromatic heterocycles. The van der Waals surface area contributed by atoms with E-state index in [-0.39, 0.29) is 30.0 Å². The number of nitrogens with zero attached hydrogens (tertiary/aromatic N) is 2. The average molecular weight is 371 g/mol. The summed E-state index contributed by atoms with van der Waals surface area (Å²) < 4.78 is 39.6. The highest BCUT2D eigenvalue weighted by atomic mass is 19.3. The van der Waals surface area contributed by atoms with Gasteiger partial charge in [-0.15, -0.1) is 8.78 Å². The van der Waals surface area contributed by atoms with Crippen molar-refractivity contribution >= 4 is 17.7 Å². The second-order valence-corrected chi connectivity index (χ2v) is 5.84. The van der Waals surface area contributed by atoms with Crippen LogP contribution >= 0.6 is 0 Å². The van der Waals surface area contributed by atoms with Gasteiger partial charge in [0.2, 0.25) is 5.91 Å². The minimum absolute atomic E-state index is 0.0805. The Hall–Kier alpha value is -2.62. The van der Waals surface area contributed by atoms with Crippen LogP contribution in [0.1, 0.15) is 6.92 Å². The van der Waals surface area contributed by atoms with Crippen molar-refractivity contribution in [2.24, 2.45) is 0 Å². The number of hydrogen-bond acceptors (Lipinski definition) is 6. The first-order valence-electron chi connectivity index (χ1n) is 8.20. The van der Waals surface area contributed by atoms with Crippen LogP contribution in [0.4, 0.5) is 19.3 Å². The van der Waals surface area contributed by atoms with E-state index in [9.17, 15) is 18.4 Å². The Balaban J connectivity index is 1.48. The third kappa shape index (κ3) is 4.31. The first-order valence-corrected chi connectivity index (χ1v) is 8.20. The summed E-state index contributed by atoms with van der Waals surface area (Å²) in [5, 5.41) is 2.63. The molecule has 0 saturated carbocycles. The van der Waals surface area contributed by atoms with E-state index in [2.05, 4.69) is 14.8 Å². The standard InChI is InChI=1S/C16H19F2N3O5/c1-2-24-15(23)21-7-5-20(6-8-21)10-14(22)19-11-3-4-12-13(9-11)26-16(17,18)25-12/h3-4,9H,2,5-8,10H2,1H3,(H,19,22). The molecule has 2 aliphatic heterocycles. The Morgan fingerprint density at radius 3 is 2.58 bits per heavy atom. The molecule has 3 rings (SSSR count). The fraction of sp³-hybridized carbons (Fsp3) is 0.500. The summed E-state index contributed by atoms with van der Waals surface area (Å²) >= 11 is 0. The largest absolute Gasteiger partial charge is 0.586 e. The van der Waals surface area contributed by atoms with Gasteiger partial charge in [0.05, 0.1) is 13.2 Å². The van der Waals surface area contributed by atoms with Crippen molar-refractivity contribution in [3.8, 4) is 11.5 Å². The van der Waals surface area contributed by atoms with Crippen LogP contribution in [0, 0.1) is 0 Å². The number of amides is 2. The predicted octanol–water partition coefficient (Wildman–Crippen LogP) is 1.72. The molecule has 10 heteroatoms. The highest BCUT2D eigenvalue weighted by Crippen LogP contribution is 2.42. The van der Waals surface area contributed by atoms with Crippen LogP contribution in [0.2, 0.25) is 0 Å². The molecule has 142 valence electrons. The SMILES string of the molecule is CCOC(=O)N1CCN(CC(=O)Nc2ccc3c(c2)OC(F)(F)O3)CC1. The van der Waals surface area contributed by atoms with E-state index in [1.54, 1.807) is 11.8 Å². The lowest BCUT2D eigenvalue weighted by Crippen LogP contribution is -2.50. The van der Waals surface area contributed by atoms with Crippen LogP contribution in [0.25, 0.3) is 0 Å². The molecule has 0 atom stereocenters. The zero-order valence-electron chi connectivity index (χ0n) is 14.2. The van der Waals surface area contributed by atoms with Crippen LogP contribution in [0.5, 0.6) is 11.5 Å². The molecule has 26 heavy (non-hydrogen) atoms. The second-order valence-electron chi connectivity index (χ2n) is 5.84. The molecule has 0 aliphatic carbocycles. The number of carbonyl (C=O) groups is 2. The maximum Gasteiger partial charge on any atom is 0.586 e. The van der Waals surface area contributed by atoms with Crippen molar-refractivity contribution in [1.29, 1.82) is 0 Å². The molecular weight excluding hydrogens is 352 g/mol. The van der Waals surface area contributed by atoms with Crippen LogP contribution in [0.3, 0.4) is 0 Å². The molecule has 1 fully saturated rings. The number of nitrogens with one attached hydrogen (secondary N) is 1. The molecule has 2 heterocycles. The Morgan fingerprint density at radius 2 is 1.88 bits per heavy atom. The maximum absolute atomic E-state index is 13.0. The zero-order chi connectivity index (χ0) is 18.7. The minimum atomic E-state index is -3.69. The zero-order valence-corrected chi connectivity index (χ0v) is 14.2. The van der Waals surface area contributed by atoms with Gasteiger partial charge in [0, 0.05) is 37.9 Å². The summed E-state index contributed by atoms with van der Waals surface area (Å²) in [6.45, 7) is 4.23. The normalized spacial score (nSPS) is 18.5. The topological polar surface area (TPSA) is 80.3 Å². The van der Waals surface area contributed by atoms with Gasteiger partial charge in [0.1, 0.15) is 0 Å². The average Bonchev–Trinajstić information content (AvgIpc) is 2.88. The number of rotatable bonds is 4. The van der Waals surface area contributed by atoms with Crippen molar-refractivity contribution in [1.82, 2.24) is 9.80 Å². The molecular formula is C16H19F2N3O5. The molecule has 1 N–H and O–H groups in total. The molecule has 1 aromatic carbocycles. The molecule has 0 radical (unpaired) electrons. The Morgan fingerprint density at radius 1 is 1.19 bits per heavy atom. The number of hydrogen-bond donors (Lipinski definition) is 1. The van der Waals surface area contributed by atoms with Crippen molar-refractivity contribution in [3.05, 3.63) is 18.2 Å². The lowest BCUT2D eigenvalue weighted by atomic mass is 10.2. The van der Waals surface area contributed by atoms with E-state index in [0.717, 1.165) is 0 Å². The Bertz CT molecular complexity index is 692. The number of halogens is 2. The van der Waals surface area contributed by atoms with Crippen molar-refractivity contribution in [3.63, 3.8) is 0 Å². The molecule has 1 aromatic rings. The van der Waals surface area contributed by atoms with E-state index in [1.165, 1.54) is 18.2 Å². The number of carbonyl (C=O) groups excluding carboxylic acids is 2. The van der Waals surface area contributed by atoms with Crippen molar-refractivity contribution in [2.45, 2.75) is 13.2 Å². The Kier molecular flexibility index (Phi) is 5.12. The third-order valence-electron chi connectivity index (χ3n) is 3.95. The number of anilines is 1. The number of piperazine rings is 1. The summed E-state index contributed by atoms with van der Waals surface area (Å²) in [5.41, 5.74) is 0.334. The minimum Gasteiger partial charge on any atom is -0.450 e. The van der Waals surface area contributed by atoms with Gasteiger partial charge >= 0.3 is 12.4 Å². The first kappa shape index (κ1) is 18.2. The molecule has 2 amide bonds. The molecule has 8 nitrogen and oxygen atoms in total. The van der Waals surface area contributed by atoms with Gasteiger partial charge in [-0.05, 0) is 19.1 Å². The Labute approximate surface area is 148 Å². The van der Waals surface area contributed by atoms with E-state index < -0.39 is 6.29 Å². The van der Waals surface area contributed by atoms with Crippen LogP contribution in [-0.4, -0.2) is 67.4 Å². The van der Waals surface area contributed by atoms with Crippen molar-refractivity contribution in [2.75, 3.05) is 44.6 Å². The highest BCUT2D eigenvalue weighted by molar-refractivity contribution is 5.92. The summed E-state index contributed by atoms with van der Waals surface area (Å²) in [6, 6.07) is 4.05. The van der Waals surface area contributed by atoms with Crippen molar-refractivity contribution < 1.29 is 32.6 Å². The lowest BCUT2D eigenvalue weighted by Gasteiger charge is -2.33. The quantitative estimate of drug-likeness (QED) is 0.868. The lowest BCUT2D eigenvalue weighted by molar-refractivity contribution is -0.286. The van der Waals surface area contributed by atoms with Crippen LogP contribution in [0.15, 0.2) is 18.2 Å². The number of ether oxygens (including phenoxy) is 3. The smallest absolute Gasteiger partial charge is 0.450 e. The molecule has 1 saturated heterocycles. The van der Waals surface area contributed by atoms with Crippen LogP contribution in [-0.2, 0) is 9.53 Å². The second kappa shape index (κ2) is 7.32. The van der Waals surface area contributed by atoms with Gasteiger partial charge in [0.15, 0.2) is 11.5 Å². The fourth-order valence-corrected chi connectivity index (χ4v) is 2.73. The van der Waals surface area contributed by atoms with Gasteiger partial charge in [-0.25, -0.2) is 4.79 Å². The third-order valence-corrected chi connectivity index (χ3v) is 3.95. The highest BCUT2D eigenvalue weighted by Gasteiger charge is 2.43. The number of benzene rings is 1. The molecule has 0 unspecified atom stereocenters. The molecule has 2 aliphatic rings. The van der Waals surface area contributed by atoms with Gasteiger partial charge in [-0.3, -0.25) is 9.69 Å². The summed E-state index contributed by atoms with van der Waals surface area (Å²) in [6.07, 6.45) is -4.04. The summed E-state index contributed by atoms with van der Waals surface area (Å²) in [5.74, 6) is -0.501. The summed E-state index contributed by atoms with van der Waals surface area (Å²) in [4.78, 5) is 27.3. The van der Waals surface area contributed by atoms with E-state index >= 15 is 0 Å². The van der Waals surface area contributed by atoms with Crippen LogP contribution < -0.4 is 14.8 Å². The monoisotopic (exact) mass is 371 g/mol. The first-order chi connectivity index (χ1) is 12.4. The molecule has 0 bridgehead atoms. The van der Waals surface area contributed by atoms with E-state index in [0.29, 0.717) is 38.5 Å². The van der Waals surface area contributed by atoms with Gasteiger partial charge in [-0.1, -0.05) is 0 Å². The van der Waals surface area contributed by atoms with E-state index in [1.807, 2.05) is 4.90 Å². The molecule has 0 spiro atoms. The van der Waals surface area contributed by atoms with E-state index in [4.69, 9.17) is 4.74 Å².